The van der Waals surface area contributed by atoms with Crippen LogP contribution in [0.4, 0.5) is 0 Å². The van der Waals surface area contributed by atoms with E-state index in [2.05, 4.69) is 15.1 Å². The highest BCUT2D eigenvalue weighted by Crippen LogP contribution is 2.36. The van der Waals surface area contributed by atoms with Crippen LogP contribution in [-0.4, -0.2) is 67.5 Å². The molecule has 7 heteroatoms. The Morgan fingerprint density at radius 3 is 2.72 bits per heavy atom. The van der Waals surface area contributed by atoms with Crippen molar-refractivity contribution in [2.75, 3.05) is 45.9 Å². The lowest BCUT2D eigenvalue weighted by atomic mass is 9.75. The second-order valence-electron chi connectivity index (χ2n) is 9.70. The van der Waals surface area contributed by atoms with Gasteiger partial charge in [-0.25, -0.2) is 0 Å². The number of fused-ring (bicyclic) bond motifs is 1. The summed E-state index contributed by atoms with van der Waals surface area (Å²) in [4.78, 5) is 30.5. The second kappa shape index (κ2) is 10.9. The number of nitrogens with one attached hydrogen (secondary N) is 1. The lowest BCUT2D eigenvalue weighted by Gasteiger charge is -2.43. The predicted octanol–water partition coefficient (Wildman–Crippen LogP) is 4.12. The number of halogens is 1. The minimum atomic E-state index is -0.153. The molecule has 2 saturated heterocycles. The molecular weight excluding hydrogens is 426 g/mol. The molecule has 3 aliphatic heterocycles. The van der Waals surface area contributed by atoms with E-state index in [1.165, 1.54) is 12.8 Å². The largest absolute Gasteiger partial charge is 0.493 e. The van der Waals surface area contributed by atoms with E-state index in [0.717, 1.165) is 71.2 Å². The number of rotatable bonds is 3. The fourth-order valence-corrected chi connectivity index (χ4v) is 5.58. The second-order valence-corrected chi connectivity index (χ2v) is 10.1. The molecule has 3 aliphatic rings. The summed E-state index contributed by atoms with van der Waals surface area (Å²) < 4.78 is 5.86. The minimum absolute atomic E-state index is 0.0595. The summed E-state index contributed by atoms with van der Waals surface area (Å²) in [5.41, 5.74) is 0.429. The van der Waals surface area contributed by atoms with Crippen molar-refractivity contribution in [3.8, 4) is 5.75 Å². The summed E-state index contributed by atoms with van der Waals surface area (Å²) in [6.45, 7) is 5.86. The monoisotopic (exact) mass is 461 g/mol. The standard InChI is InChI=1S/C25H36ClN3O3/c26-20-7-8-22-21(17-20)24(31)27-18-25(10-2-1-5-16-32-22)11-6-14-29(19-25)23(30)9-15-28-12-3-4-13-28/h7-8,17H,1-6,9-16,18-19H2,(H,27,31). The van der Waals surface area contributed by atoms with Crippen LogP contribution in [0.2, 0.25) is 5.02 Å². The van der Waals surface area contributed by atoms with Crippen LogP contribution in [0, 0.1) is 5.41 Å². The van der Waals surface area contributed by atoms with Gasteiger partial charge >= 0.3 is 0 Å². The van der Waals surface area contributed by atoms with Gasteiger partial charge in [0.2, 0.25) is 5.91 Å². The maximum Gasteiger partial charge on any atom is 0.255 e. The first kappa shape index (κ1) is 23.4. The molecule has 0 aliphatic carbocycles. The Bertz CT molecular complexity index is 812. The van der Waals surface area contributed by atoms with Gasteiger partial charge in [-0.1, -0.05) is 24.4 Å². The molecule has 1 atom stereocenters. The van der Waals surface area contributed by atoms with Gasteiger partial charge in [-0.3, -0.25) is 9.59 Å². The third kappa shape index (κ3) is 5.96. The molecule has 32 heavy (non-hydrogen) atoms. The summed E-state index contributed by atoms with van der Waals surface area (Å²) >= 11 is 6.16. The molecule has 0 saturated carbocycles. The first-order chi connectivity index (χ1) is 15.5. The highest BCUT2D eigenvalue weighted by atomic mass is 35.5. The Morgan fingerprint density at radius 2 is 1.88 bits per heavy atom. The quantitative estimate of drug-likeness (QED) is 0.735. The average molecular weight is 462 g/mol. The van der Waals surface area contributed by atoms with Gasteiger partial charge in [-0.05, 0) is 69.8 Å². The average Bonchev–Trinajstić information content (AvgIpc) is 3.32. The maximum absolute atomic E-state index is 13.0. The molecule has 2 amide bonds. The molecule has 3 heterocycles. The summed E-state index contributed by atoms with van der Waals surface area (Å²) in [5, 5.41) is 3.68. The smallest absolute Gasteiger partial charge is 0.255 e. The summed E-state index contributed by atoms with van der Waals surface area (Å²) in [5.74, 6) is 0.697. The van der Waals surface area contributed by atoms with Crippen LogP contribution < -0.4 is 10.1 Å². The van der Waals surface area contributed by atoms with E-state index in [0.29, 0.717) is 35.9 Å². The number of benzene rings is 1. The molecule has 6 nitrogen and oxygen atoms in total. The van der Waals surface area contributed by atoms with Crippen molar-refractivity contribution >= 4 is 23.4 Å². The van der Waals surface area contributed by atoms with E-state index >= 15 is 0 Å². The van der Waals surface area contributed by atoms with Crippen molar-refractivity contribution in [1.29, 1.82) is 0 Å². The van der Waals surface area contributed by atoms with Crippen LogP contribution in [-0.2, 0) is 4.79 Å². The van der Waals surface area contributed by atoms with Gasteiger partial charge < -0.3 is 19.9 Å². The summed E-state index contributed by atoms with van der Waals surface area (Å²) in [6, 6.07) is 5.22. The zero-order valence-corrected chi connectivity index (χ0v) is 19.8. The topological polar surface area (TPSA) is 61.9 Å². The Morgan fingerprint density at radius 1 is 1.06 bits per heavy atom. The van der Waals surface area contributed by atoms with E-state index < -0.39 is 0 Å². The Hall–Kier alpha value is -1.79. The number of likely N-dealkylation sites (tertiary alicyclic amines) is 2. The van der Waals surface area contributed by atoms with Crippen LogP contribution in [0.5, 0.6) is 5.75 Å². The molecule has 0 bridgehead atoms. The van der Waals surface area contributed by atoms with E-state index in [4.69, 9.17) is 16.3 Å². The van der Waals surface area contributed by atoms with Gasteiger partial charge in [0.1, 0.15) is 5.75 Å². The summed E-state index contributed by atoms with van der Waals surface area (Å²) in [7, 11) is 0. The first-order valence-corrected chi connectivity index (χ1v) is 12.6. The first-order valence-electron chi connectivity index (χ1n) is 12.3. The molecule has 0 radical (unpaired) electrons. The molecule has 176 valence electrons. The van der Waals surface area contributed by atoms with Crippen molar-refractivity contribution in [3.05, 3.63) is 28.8 Å². The molecule has 1 aromatic carbocycles. The van der Waals surface area contributed by atoms with Gasteiger partial charge in [-0.2, -0.15) is 0 Å². The zero-order valence-electron chi connectivity index (χ0n) is 19.0. The highest BCUT2D eigenvalue weighted by Gasteiger charge is 2.37. The molecule has 1 aromatic rings. The van der Waals surface area contributed by atoms with E-state index in [1.54, 1.807) is 18.2 Å². The zero-order chi connectivity index (χ0) is 22.4. The van der Waals surface area contributed by atoms with Gasteiger partial charge in [0.15, 0.2) is 0 Å². The molecule has 2 fully saturated rings. The number of hydrogen-bond acceptors (Lipinski definition) is 4. The Kier molecular flexibility index (Phi) is 7.95. The molecule has 1 spiro atoms. The number of amides is 2. The van der Waals surface area contributed by atoms with Crippen molar-refractivity contribution in [3.63, 3.8) is 0 Å². The predicted molar refractivity (Wildman–Crippen MR) is 126 cm³/mol. The van der Waals surface area contributed by atoms with Gasteiger partial charge in [0, 0.05) is 43.0 Å². The molecule has 1 N–H and O–H groups in total. The number of hydrogen-bond donors (Lipinski definition) is 1. The van der Waals surface area contributed by atoms with E-state index in [1.807, 2.05) is 0 Å². The molecule has 4 rings (SSSR count). The van der Waals surface area contributed by atoms with Crippen molar-refractivity contribution < 1.29 is 14.3 Å². The maximum atomic E-state index is 13.0. The fourth-order valence-electron chi connectivity index (χ4n) is 5.41. The van der Waals surface area contributed by atoms with Gasteiger partial charge in [0.25, 0.3) is 5.91 Å². The Balaban J connectivity index is 1.43. The van der Waals surface area contributed by atoms with Crippen LogP contribution in [0.15, 0.2) is 18.2 Å². The lowest BCUT2D eigenvalue weighted by Crippen LogP contribution is -2.51. The normalized spacial score (nSPS) is 25.4. The van der Waals surface area contributed by atoms with Crippen LogP contribution >= 0.6 is 11.6 Å². The van der Waals surface area contributed by atoms with Gasteiger partial charge in [-0.15, -0.1) is 0 Å². The lowest BCUT2D eigenvalue weighted by molar-refractivity contribution is -0.135. The van der Waals surface area contributed by atoms with Gasteiger partial charge in [0.05, 0.1) is 12.2 Å². The molecular formula is C25H36ClN3O3. The number of piperidine rings is 1. The van der Waals surface area contributed by atoms with Crippen molar-refractivity contribution in [2.24, 2.45) is 5.41 Å². The highest BCUT2D eigenvalue weighted by molar-refractivity contribution is 6.31. The number of ether oxygens (including phenoxy) is 1. The molecule has 1 unspecified atom stereocenters. The summed E-state index contributed by atoms with van der Waals surface area (Å²) in [6.07, 6.45) is 9.29. The SMILES string of the molecule is O=C1NCC2(CCCCCOc3ccc(Cl)cc31)CCCN(C(=O)CCN1CCCC1)C2. The number of nitrogens with zero attached hydrogens (tertiary/aromatic N) is 2. The van der Waals surface area contributed by atoms with Crippen molar-refractivity contribution in [1.82, 2.24) is 15.1 Å². The minimum Gasteiger partial charge on any atom is -0.493 e. The van der Waals surface area contributed by atoms with Crippen LogP contribution in [0.1, 0.15) is 68.1 Å². The number of carbonyl (C=O) groups excluding carboxylic acids is 2. The third-order valence-corrected chi connectivity index (χ3v) is 7.51. The van der Waals surface area contributed by atoms with E-state index in [-0.39, 0.29) is 17.2 Å². The number of carbonyl (C=O) groups is 2. The van der Waals surface area contributed by atoms with Crippen LogP contribution in [0.25, 0.3) is 0 Å². The Labute approximate surface area is 196 Å². The fraction of sp³-hybridized carbons (Fsp3) is 0.680. The van der Waals surface area contributed by atoms with Crippen LogP contribution in [0.3, 0.4) is 0 Å². The molecule has 0 aromatic heterocycles. The third-order valence-electron chi connectivity index (χ3n) is 7.27. The van der Waals surface area contributed by atoms with E-state index in [9.17, 15) is 9.59 Å². The van der Waals surface area contributed by atoms with Crippen molar-refractivity contribution in [2.45, 2.75) is 57.8 Å².